The largest absolute Gasteiger partial charge is 0.470 e. The standard InChI is InChI=1S/C46H88FO18P3/c1-3-5-7-9-11-13-15-17-19-21-23-25-27-29-31-33-39(48)61-36-37(62-40(49)34-32-30-28-26-24-22-20-18-16-14-12-10-8-6-4-2)35-38(47)66(53,54)63-44-41(50)42(51)45(64-67(55,56)57)46(43(44)52)65-68(58,59)60/h35,37,41-46,50-52H,3-34,36H2,1-2H3,(H,53,54)(H2,55,56,57)(H2,58,59,60)/b38-35-/t37-,41+,42-,43-,44+,45+,46+/m0/s1. The second kappa shape index (κ2) is 37.6. The predicted octanol–water partition coefficient (Wildman–Crippen LogP) is 10.4. The van der Waals surface area contributed by atoms with Crippen LogP contribution in [-0.4, -0.2) is 101 Å². The molecule has 402 valence electrons. The SMILES string of the molecule is CCCCCCCCCCCCCCCCCC(=O)OC[C@H](/C=C(/F)P(=O)(O)O[C@@H]1[C@H](O)[C@H](O)[C@@H](OP(=O)(O)O)[C@H](OP(=O)(O)O)[C@H]1O)OC(=O)CCCCCCCCCCCCCCCCC. The van der Waals surface area contributed by atoms with Crippen molar-refractivity contribution in [1.29, 1.82) is 0 Å². The molecule has 0 aromatic rings. The lowest BCUT2D eigenvalue weighted by atomic mass is 9.85. The number of esters is 2. The van der Waals surface area contributed by atoms with Gasteiger partial charge in [-0.15, -0.1) is 0 Å². The van der Waals surface area contributed by atoms with Crippen molar-refractivity contribution < 1.29 is 90.5 Å². The minimum Gasteiger partial charge on any atom is -0.461 e. The Bertz CT molecular complexity index is 1510. The van der Waals surface area contributed by atoms with E-state index in [9.17, 15) is 63.1 Å². The van der Waals surface area contributed by atoms with Gasteiger partial charge in [-0.1, -0.05) is 194 Å². The summed E-state index contributed by atoms with van der Waals surface area (Å²) in [5.74, 6) is -1.51. The molecule has 0 aliphatic heterocycles. The van der Waals surface area contributed by atoms with Crippen LogP contribution in [0.25, 0.3) is 0 Å². The maximum absolute atomic E-state index is 15.7. The molecule has 1 unspecified atom stereocenters. The normalized spacial score (nSPS) is 21.7. The highest BCUT2D eigenvalue weighted by Crippen LogP contribution is 2.55. The van der Waals surface area contributed by atoms with Gasteiger partial charge in [0.1, 0.15) is 43.2 Å². The molecule has 0 spiro atoms. The van der Waals surface area contributed by atoms with E-state index in [1.807, 2.05) is 0 Å². The number of phosphoric ester groups is 2. The molecule has 1 rings (SSSR count). The summed E-state index contributed by atoms with van der Waals surface area (Å²) in [5.41, 5.74) is -2.03. The fraction of sp³-hybridized carbons (Fsp3) is 0.913. The van der Waals surface area contributed by atoms with Crippen LogP contribution in [0.2, 0.25) is 0 Å². The second-order valence-electron chi connectivity index (χ2n) is 18.3. The van der Waals surface area contributed by atoms with E-state index in [-0.39, 0.29) is 12.8 Å². The lowest BCUT2D eigenvalue weighted by Crippen LogP contribution is -2.65. The van der Waals surface area contributed by atoms with Crippen LogP contribution in [-0.2, 0) is 46.3 Å². The first kappa shape index (κ1) is 64.9. The molecule has 1 fully saturated rings. The van der Waals surface area contributed by atoms with Crippen LogP contribution in [0.15, 0.2) is 11.6 Å². The number of hydrogen-bond acceptors (Lipinski definition) is 13. The molecule has 1 aliphatic rings. The number of halogens is 1. The van der Waals surface area contributed by atoms with Crippen molar-refractivity contribution in [2.75, 3.05) is 6.61 Å². The molecule has 68 heavy (non-hydrogen) atoms. The summed E-state index contributed by atoms with van der Waals surface area (Å²) in [6.07, 6.45) is 16.5. The van der Waals surface area contributed by atoms with Crippen molar-refractivity contribution in [2.24, 2.45) is 0 Å². The van der Waals surface area contributed by atoms with Crippen molar-refractivity contribution in [3.05, 3.63) is 11.6 Å². The van der Waals surface area contributed by atoms with Gasteiger partial charge in [-0.25, -0.2) is 9.13 Å². The number of carbonyl (C=O) groups is 2. The van der Waals surface area contributed by atoms with Crippen LogP contribution >= 0.6 is 23.2 Å². The summed E-state index contributed by atoms with van der Waals surface area (Å²) in [4.78, 5) is 73.3. The zero-order chi connectivity index (χ0) is 50.9. The maximum Gasteiger partial charge on any atom is 0.470 e. The van der Waals surface area contributed by atoms with Crippen LogP contribution in [0, 0.1) is 0 Å². The minimum absolute atomic E-state index is 0.0101. The lowest BCUT2D eigenvalue weighted by Gasteiger charge is -2.44. The first-order chi connectivity index (χ1) is 32.2. The highest BCUT2D eigenvalue weighted by atomic mass is 31.2. The summed E-state index contributed by atoms with van der Waals surface area (Å²) in [6.45, 7) is 3.67. The number of carbonyl (C=O) groups excluding carboxylic acids is 2. The Balaban J connectivity index is 2.81. The van der Waals surface area contributed by atoms with Crippen molar-refractivity contribution in [2.45, 2.75) is 262 Å². The summed E-state index contributed by atoms with van der Waals surface area (Å²) < 4.78 is 76.0. The number of rotatable bonds is 43. The van der Waals surface area contributed by atoms with Gasteiger partial charge in [0.15, 0.2) is 6.10 Å². The fourth-order valence-electron chi connectivity index (χ4n) is 8.19. The molecule has 0 aromatic heterocycles. The molecule has 1 aliphatic carbocycles. The van der Waals surface area contributed by atoms with Crippen molar-refractivity contribution in [3.63, 3.8) is 0 Å². The van der Waals surface area contributed by atoms with Crippen molar-refractivity contribution >= 4 is 35.2 Å². The third-order valence-corrected chi connectivity index (χ3v) is 14.3. The molecule has 8 atom stereocenters. The molecular formula is C46H88FO18P3. The molecule has 0 aromatic carbocycles. The maximum atomic E-state index is 15.7. The summed E-state index contributed by atoms with van der Waals surface area (Å²) in [7, 11) is -17.1. The Kier molecular flexibility index (Phi) is 35.9. The number of aliphatic hydroxyl groups is 3. The van der Waals surface area contributed by atoms with Gasteiger partial charge >= 0.3 is 35.2 Å². The van der Waals surface area contributed by atoms with E-state index in [0.29, 0.717) is 25.3 Å². The molecule has 0 heterocycles. The lowest BCUT2D eigenvalue weighted by molar-refractivity contribution is -0.210. The van der Waals surface area contributed by atoms with E-state index >= 15 is 4.39 Å². The molecule has 8 N–H and O–H groups in total. The Hall–Kier alpha value is -1.14. The van der Waals surface area contributed by atoms with Gasteiger partial charge in [0.25, 0.3) is 0 Å². The topological polar surface area (TPSA) is 293 Å². The second-order valence-corrected chi connectivity index (χ2v) is 22.3. The predicted molar refractivity (Wildman–Crippen MR) is 256 cm³/mol. The smallest absolute Gasteiger partial charge is 0.461 e. The Morgan fingerprint density at radius 1 is 0.471 bits per heavy atom. The molecule has 0 saturated heterocycles. The van der Waals surface area contributed by atoms with Crippen LogP contribution < -0.4 is 0 Å². The van der Waals surface area contributed by atoms with Crippen molar-refractivity contribution in [1.82, 2.24) is 0 Å². The quantitative estimate of drug-likeness (QED) is 0.0160. The highest BCUT2D eigenvalue weighted by Gasteiger charge is 2.56. The van der Waals surface area contributed by atoms with Gasteiger partial charge in [-0.2, -0.15) is 4.39 Å². The Morgan fingerprint density at radius 2 is 0.779 bits per heavy atom. The molecule has 0 bridgehead atoms. The Morgan fingerprint density at radius 3 is 1.13 bits per heavy atom. The summed E-state index contributed by atoms with van der Waals surface area (Å²) in [5, 5.41) is 31.9. The average Bonchev–Trinajstić information content (AvgIpc) is 3.26. The van der Waals surface area contributed by atoms with Gasteiger partial charge in [-0.05, 0) is 12.8 Å². The third kappa shape index (κ3) is 32.0. The van der Waals surface area contributed by atoms with E-state index in [0.717, 1.165) is 57.8 Å². The van der Waals surface area contributed by atoms with Gasteiger partial charge in [0, 0.05) is 18.9 Å². The summed E-state index contributed by atoms with van der Waals surface area (Å²) in [6, 6.07) is 0. The third-order valence-electron chi connectivity index (χ3n) is 12.1. The van der Waals surface area contributed by atoms with Gasteiger partial charge in [-0.3, -0.25) is 27.7 Å². The van der Waals surface area contributed by atoms with Crippen LogP contribution in [0.1, 0.15) is 219 Å². The first-order valence-electron chi connectivity index (χ1n) is 25.5. The number of hydrogen-bond donors (Lipinski definition) is 8. The van der Waals surface area contributed by atoms with E-state index in [2.05, 4.69) is 22.9 Å². The molecule has 18 nitrogen and oxygen atoms in total. The summed E-state index contributed by atoms with van der Waals surface area (Å²) >= 11 is 0. The molecule has 0 amide bonds. The van der Waals surface area contributed by atoms with E-state index < -0.39 is 90.1 Å². The van der Waals surface area contributed by atoms with Gasteiger partial charge in [0.2, 0.25) is 5.57 Å². The molecular weight excluding hydrogens is 952 g/mol. The van der Waals surface area contributed by atoms with Crippen LogP contribution in [0.5, 0.6) is 0 Å². The molecule has 0 radical (unpaired) electrons. The zero-order valence-corrected chi connectivity index (χ0v) is 43.5. The highest BCUT2D eigenvalue weighted by molar-refractivity contribution is 7.57. The molecule has 22 heteroatoms. The van der Waals surface area contributed by atoms with E-state index in [1.54, 1.807) is 0 Å². The van der Waals surface area contributed by atoms with Gasteiger partial charge < -0.3 is 49.3 Å². The monoisotopic (exact) mass is 1040 g/mol. The van der Waals surface area contributed by atoms with Crippen molar-refractivity contribution in [3.8, 4) is 0 Å². The number of ether oxygens (including phenoxy) is 2. The van der Waals surface area contributed by atoms with Gasteiger partial charge in [0.05, 0.1) is 0 Å². The van der Waals surface area contributed by atoms with E-state index in [4.69, 9.17) is 14.0 Å². The van der Waals surface area contributed by atoms with E-state index in [1.165, 1.54) is 116 Å². The number of unbranched alkanes of at least 4 members (excludes halogenated alkanes) is 28. The fourth-order valence-corrected chi connectivity index (χ4v) is 10.3. The molecule has 1 saturated carbocycles. The van der Waals surface area contributed by atoms with Crippen LogP contribution in [0.3, 0.4) is 0 Å². The zero-order valence-electron chi connectivity index (χ0n) is 40.8. The first-order valence-corrected chi connectivity index (χ1v) is 30.1. The number of aliphatic hydroxyl groups excluding tert-OH is 3. The van der Waals surface area contributed by atoms with Crippen LogP contribution in [0.4, 0.5) is 4.39 Å². The average molecular weight is 1040 g/mol. The number of phosphoric acid groups is 2. The minimum atomic E-state index is -5.85. The Labute approximate surface area is 404 Å².